The van der Waals surface area contributed by atoms with Crippen molar-refractivity contribution in [2.75, 3.05) is 5.32 Å². The van der Waals surface area contributed by atoms with Crippen molar-refractivity contribution in [3.05, 3.63) is 54.6 Å². The Hall–Kier alpha value is -1.76. The normalized spacial score (nSPS) is 16.6. The van der Waals surface area contributed by atoms with E-state index in [1.807, 2.05) is 0 Å². The van der Waals surface area contributed by atoms with Crippen LogP contribution >= 0.6 is 0 Å². The molecule has 0 unspecified atom stereocenters. The average Bonchev–Trinajstić information content (AvgIpc) is 2.77. The van der Waals surface area contributed by atoms with E-state index in [2.05, 4.69) is 59.9 Å². The van der Waals surface area contributed by atoms with E-state index in [1.54, 1.807) is 0 Å². The predicted molar refractivity (Wildman–Crippen MR) is 87.0 cm³/mol. The van der Waals surface area contributed by atoms with Gasteiger partial charge in [-0.15, -0.1) is 0 Å². The molecule has 0 spiro atoms. The standard InChI is InChI=1S/C19H23N/c1-2-7-13-17(12-6-1)20-19-15-9-8-14-18(19)16-10-4-3-5-11-16/h3-5,8-11,14-15,17,20H,1-2,6-7,12-13H2. The molecule has 1 fully saturated rings. The van der Waals surface area contributed by atoms with Crippen LogP contribution in [0.15, 0.2) is 54.6 Å². The topological polar surface area (TPSA) is 12.0 Å². The maximum absolute atomic E-state index is 3.79. The van der Waals surface area contributed by atoms with E-state index in [0.717, 1.165) is 0 Å². The number of hydrogen-bond acceptors (Lipinski definition) is 1. The molecule has 0 radical (unpaired) electrons. The fourth-order valence-corrected chi connectivity index (χ4v) is 3.12. The molecule has 0 atom stereocenters. The van der Waals surface area contributed by atoms with Crippen LogP contribution in [-0.4, -0.2) is 6.04 Å². The van der Waals surface area contributed by atoms with Gasteiger partial charge in [0.2, 0.25) is 0 Å². The smallest absolute Gasteiger partial charge is 0.0422 e. The van der Waals surface area contributed by atoms with Crippen LogP contribution in [0, 0.1) is 0 Å². The van der Waals surface area contributed by atoms with Crippen LogP contribution in [0.3, 0.4) is 0 Å². The number of anilines is 1. The SMILES string of the molecule is c1ccc(-c2ccccc2NC2CCCCCC2)cc1. The fraction of sp³-hybridized carbons (Fsp3) is 0.368. The molecule has 2 aromatic carbocycles. The second kappa shape index (κ2) is 6.60. The number of para-hydroxylation sites is 1. The summed E-state index contributed by atoms with van der Waals surface area (Å²) in [5, 5.41) is 3.79. The van der Waals surface area contributed by atoms with Crippen molar-refractivity contribution in [2.45, 2.75) is 44.6 Å². The van der Waals surface area contributed by atoms with Crippen molar-refractivity contribution in [3.8, 4) is 11.1 Å². The van der Waals surface area contributed by atoms with Gasteiger partial charge in [-0.2, -0.15) is 0 Å². The highest BCUT2D eigenvalue weighted by Crippen LogP contribution is 2.30. The summed E-state index contributed by atoms with van der Waals surface area (Å²) in [5.41, 5.74) is 3.90. The first-order valence-corrected chi connectivity index (χ1v) is 7.84. The predicted octanol–water partition coefficient (Wildman–Crippen LogP) is 5.49. The highest BCUT2D eigenvalue weighted by Gasteiger charge is 2.13. The van der Waals surface area contributed by atoms with Crippen molar-refractivity contribution in [2.24, 2.45) is 0 Å². The molecule has 104 valence electrons. The van der Waals surface area contributed by atoms with Crippen molar-refractivity contribution in [1.29, 1.82) is 0 Å². The van der Waals surface area contributed by atoms with Crippen LogP contribution in [0.5, 0.6) is 0 Å². The third kappa shape index (κ3) is 3.22. The van der Waals surface area contributed by atoms with E-state index in [9.17, 15) is 0 Å². The lowest BCUT2D eigenvalue weighted by molar-refractivity contribution is 0.620. The molecule has 1 N–H and O–H groups in total. The Bertz CT molecular complexity index is 524. The molecule has 2 aromatic rings. The Balaban J connectivity index is 1.82. The summed E-state index contributed by atoms with van der Waals surface area (Å²) in [6.45, 7) is 0. The lowest BCUT2D eigenvalue weighted by Crippen LogP contribution is -2.18. The highest BCUT2D eigenvalue weighted by molar-refractivity contribution is 5.77. The zero-order valence-corrected chi connectivity index (χ0v) is 12.0. The van der Waals surface area contributed by atoms with Crippen LogP contribution < -0.4 is 5.32 Å². The second-order valence-electron chi connectivity index (χ2n) is 5.74. The zero-order valence-electron chi connectivity index (χ0n) is 12.0. The van der Waals surface area contributed by atoms with E-state index >= 15 is 0 Å². The zero-order chi connectivity index (χ0) is 13.6. The number of benzene rings is 2. The summed E-state index contributed by atoms with van der Waals surface area (Å²) < 4.78 is 0. The minimum atomic E-state index is 0.641. The van der Waals surface area contributed by atoms with Crippen molar-refractivity contribution in [1.82, 2.24) is 0 Å². The lowest BCUT2D eigenvalue weighted by Gasteiger charge is -2.20. The molecule has 3 rings (SSSR count). The maximum atomic E-state index is 3.79. The van der Waals surface area contributed by atoms with Crippen molar-refractivity contribution < 1.29 is 0 Å². The van der Waals surface area contributed by atoms with Gasteiger partial charge in [-0.3, -0.25) is 0 Å². The first-order valence-electron chi connectivity index (χ1n) is 7.84. The van der Waals surface area contributed by atoms with Gasteiger partial charge in [0.25, 0.3) is 0 Å². The van der Waals surface area contributed by atoms with Crippen LogP contribution in [0.1, 0.15) is 38.5 Å². The van der Waals surface area contributed by atoms with Gasteiger partial charge in [0.1, 0.15) is 0 Å². The molecule has 0 bridgehead atoms. The van der Waals surface area contributed by atoms with Crippen molar-refractivity contribution >= 4 is 5.69 Å². The fourth-order valence-electron chi connectivity index (χ4n) is 3.12. The summed E-state index contributed by atoms with van der Waals surface area (Å²) in [6.07, 6.45) is 8.15. The van der Waals surface area contributed by atoms with Gasteiger partial charge in [0, 0.05) is 17.3 Å². The average molecular weight is 265 g/mol. The number of rotatable bonds is 3. The molecular formula is C19H23N. The van der Waals surface area contributed by atoms with Crippen LogP contribution in [0.25, 0.3) is 11.1 Å². The molecule has 20 heavy (non-hydrogen) atoms. The molecule has 1 aliphatic carbocycles. The van der Waals surface area contributed by atoms with E-state index in [1.165, 1.54) is 55.3 Å². The van der Waals surface area contributed by atoms with Gasteiger partial charge in [-0.1, -0.05) is 74.2 Å². The third-order valence-electron chi connectivity index (χ3n) is 4.23. The molecule has 1 nitrogen and oxygen atoms in total. The second-order valence-corrected chi connectivity index (χ2v) is 5.74. The van der Waals surface area contributed by atoms with Gasteiger partial charge in [0.05, 0.1) is 0 Å². The Morgan fingerprint density at radius 1 is 0.700 bits per heavy atom. The maximum Gasteiger partial charge on any atom is 0.0422 e. The molecule has 0 amide bonds. The Morgan fingerprint density at radius 3 is 2.10 bits per heavy atom. The highest BCUT2D eigenvalue weighted by atomic mass is 14.9. The largest absolute Gasteiger partial charge is 0.382 e. The molecule has 0 heterocycles. The Labute approximate surface area is 122 Å². The molecule has 1 saturated carbocycles. The minimum Gasteiger partial charge on any atom is -0.382 e. The Kier molecular flexibility index (Phi) is 4.37. The van der Waals surface area contributed by atoms with Gasteiger partial charge < -0.3 is 5.32 Å². The van der Waals surface area contributed by atoms with Gasteiger partial charge in [-0.05, 0) is 24.5 Å². The molecular weight excluding hydrogens is 242 g/mol. The minimum absolute atomic E-state index is 0.641. The summed E-state index contributed by atoms with van der Waals surface area (Å²) in [5.74, 6) is 0. The van der Waals surface area contributed by atoms with Crippen LogP contribution in [-0.2, 0) is 0 Å². The molecule has 0 saturated heterocycles. The van der Waals surface area contributed by atoms with E-state index in [0.29, 0.717) is 6.04 Å². The van der Waals surface area contributed by atoms with Gasteiger partial charge in [-0.25, -0.2) is 0 Å². The molecule has 1 aliphatic rings. The summed E-state index contributed by atoms with van der Waals surface area (Å²) >= 11 is 0. The first kappa shape index (κ1) is 13.2. The van der Waals surface area contributed by atoms with E-state index < -0.39 is 0 Å². The summed E-state index contributed by atoms with van der Waals surface area (Å²) in [4.78, 5) is 0. The number of hydrogen-bond donors (Lipinski definition) is 1. The quantitative estimate of drug-likeness (QED) is 0.724. The molecule has 0 aromatic heterocycles. The van der Waals surface area contributed by atoms with Gasteiger partial charge >= 0.3 is 0 Å². The number of nitrogens with one attached hydrogen (secondary N) is 1. The first-order chi connectivity index (χ1) is 9.93. The van der Waals surface area contributed by atoms with Gasteiger partial charge in [0.15, 0.2) is 0 Å². The molecule has 1 heteroatoms. The van der Waals surface area contributed by atoms with E-state index in [4.69, 9.17) is 0 Å². The van der Waals surface area contributed by atoms with Crippen LogP contribution in [0.4, 0.5) is 5.69 Å². The van der Waals surface area contributed by atoms with Crippen LogP contribution in [0.2, 0.25) is 0 Å². The molecule has 0 aliphatic heterocycles. The van der Waals surface area contributed by atoms with Crippen molar-refractivity contribution in [3.63, 3.8) is 0 Å². The third-order valence-corrected chi connectivity index (χ3v) is 4.23. The summed E-state index contributed by atoms with van der Waals surface area (Å²) in [7, 11) is 0. The Morgan fingerprint density at radius 2 is 1.35 bits per heavy atom. The van der Waals surface area contributed by atoms with E-state index in [-0.39, 0.29) is 0 Å². The lowest BCUT2D eigenvalue weighted by atomic mass is 10.0. The monoisotopic (exact) mass is 265 g/mol. The summed E-state index contributed by atoms with van der Waals surface area (Å²) in [6, 6.07) is 20.0.